The lowest BCUT2D eigenvalue weighted by atomic mass is 10.0. The second-order valence-electron chi connectivity index (χ2n) is 7.43. The summed E-state index contributed by atoms with van der Waals surface area (Å²) >= 11 is 0. The number of piperazine rings is 1. The molecule has 1 atom stereocenters. The zero-order chi connectivity index (χ0) is 22.5. The first-order chi connectivity index (χ1) is 14.5. The fourth-order valence-electron chi connectivity index (χ4n) is 3.81. The molecular weight excluding hydrogens is 378 g/mol. The summed E-state index contributed by atoms with van der Waals surface area (Å²) < 4.78 is 0. The molecule has 7 heteroatoms. The lowest BCUT2D eigenvalue weighted by Gasteiger charge is -2.34. The summed E-state index contributed by atoms with van der Waals surface area (Å²) in [5.74, 6) is 1.47. The number of ketones is 1. The molecule has 1 aromatic heterocycles. The van der Waals surface area contributed by atoms with E-state index < -0.39 is 0 Å². The maximum Gasteiger partial charge on any atom is 0.231 e. The molecule has 0 bridgehead atoms. The van der Waals surface area contributed by atoms with E-state index in [1.54, 1.807) is 13.1 Å². The number of hydrogen-bond acceptors (Lipinski definition) is 6. The topological polar surface area (TPSA) is 82.8 Å². The molecule has 30 heavy (non-hydrogen) atoms. The summed E-state index contributed by atoms with van der Waals surface area (Å²) in [5, 5.41) is 0. The van der Waals surface area contributed by atoms with Gasteiger partial charge < -0.3 is 15.5 Å². The zero-order valence-electron chi connectivity index (χ0n) is 19.6. The number of carbonyl (C=O) groups is 2. The minimum absolute atomic E-state index is 0.0549. The minimum Gasteiger partial charge on any atom is -0.369 e. The molecule has 2 fully saturated rings. The van der Waals surface area contributed by atoms with Crippen LogP contribution in [0, 0.1) is 5.92 Å². The molecule has 7 nitrogen and oxygen atoms in total. The minimum atomic E-state index is -0.241. The molecule has 0 aromatic carbocycles. The van der Waals surface area contributed by atoms with Gasteiger partial charge in [-0.05, 0) is 44.4 Å². The fourth-order valence-corrected chi connectivity index (χ4v) is 3.81. The third kappa shape index (κ3) is 8.40. The first kappa shape index (κ1) is 26.0. The van der Waals surface area contributed by atoms with Crippen LogP contribution in [-0.2, 0) is 4.79 Å². The summed E-state index contributed by atoms with van der Waals surface area (Å²) in [6, 6.07) is 3.82. The maximum atomic E-state index is 11.4. The van der Waals surface area contributed by atoms with E-state index in [-0.39, 0.29) is 11.7 Å². The third-order valence-electron chi connectivity index (χ3n) is 5.46. The Morgan fingerprint density at radius 2 is 1.67 bits per heavy atom. The quantitative estimate of drug-likeness (QED) is 0.684. The van der Waals surface area contributed by atoms with Gasteiger partial charge in [0.05, 0.1) is 6.54 Å². The van der Waals surface area contributed by atoms with Crippen molar-refractivity contribution in [2.75, 3.05) is 57.3 Å². The Labute approximate surface area is 182 Å². The van der Waals surface area contributed by atoms with Crippen LogP contribution in [-0.4, -0.2) is 78.8 Å². The van der Waals surface area contributed by atoms with Crippen molar-refractivity contribution in [3.05, 3.63) is 23.9 Å². The number of rotatable bonds is 7. The smallest absolute Gasteiger partial charge is 0.231 e. The van der Waals surface area contributed by atoms with E-state index in [2.05, 4.69) is 19.7 Å². The molecular formula is C23H41N5O2. The van der Waals surface area contributed by atoms with Crippen molar-refractivity contribution in [1.29, 1.82) is 0 Å². The van der Waals surface area contributed by atoms with Gasteiger partial charge in [0.25, 0.3) is 0 Å². The van der Waals surface area contributed by atoms with E-state index in [4.69, 9.17) is 5.73 Å². The number of primary amides is 1. The molecule has 0 spiro atoms. The molecule has 3 rings (SSSR count). The number of hydrogen-bond donors (Lipinski definition) is 1. The summed E-state index contributed by atoms with van der Waals surface area (Å²) in [7, 11) is 0. The van der Waals surface area contributed by atoms with Crippen molar-refractivity contribution < 1.29 is 9.59 Å². The van der Waals surface area contributed by atoms with E-state index >= 15 is 0 Å². The van der Waals surface area contributed by atoms with Crippen LogP contribution >= 0.6 is 0 Å². The van der Waals surface area contributed by atoms with Gasteiger partial charge in [-0.3, -0.25) is 14.5 Å². The number of carbonyl (C=O) groups excluding carboxylic acids is 2. The normalized spacial score (nSPS) is 19.4. The standard InChI is InChI=1S/C19H29N5O2.2C2H6/c1-15(25)17-2-3-19(21-12-17)24-7-5-16(13-24)4-6-22-8-10-23(11-9-22)14-18(20)26;2*1-2/h2-3,12,16H,4-11,13-14H2,1H3,(H2,20,26);2*1-2H3. The number of pyridine rings is 1. The maximum absolute atomic E-state index is 11.4. The van der Waals surface area contributed by atoms with Gasteiger partial charge in [-0.1, -0.05) is 27.7 Å². The van der Waals surface area contributed by atoms with Crippen LogP contribution in [0.2, 0.25) is 0 Å². The van der Waals surface area contributed by atoms with Crippen LogP contribution in [0.5, 0.6) is 0 Å². The SMILES string of the molecule is CC.CC.CC(=O)c1ccc(N2CCC(CCN3CCN(CC(N)=O)CC3)C2)nc1. The number of aromatic nitrogens is 1. The Kier molecular flexibility index (Phi) is 12.2. The molecule has 1 aromatic rings. The summed E-state index contributed by atoms with van der Waals surface area (Å²) in [4.78, 5) is 33.7. The molecule has 0 saturated carbocycles. The van der Waals surface area contributed by atoms with Crippen LogP contribution in [0.15, 0.2) is 18.3 Å². The van der Waals surface area contributed by atoms with Crippen molar-refractivity contribution in [3.63, 3.8) is 0 Å². The predicted molar refractivity (Wildman–Crippen MR) is 124 cm³/mol. The monoisotopic (exact) mass is 419 g/mol. The second kappa shape index (κ2) is 14.1. The van der Waals surface area contributed by atoms with Crippen LogP contribution in [0.25, 0.3) is 0 Å². The Bertz CT molecular complexity index is 627. The average Bonchev–Trinajstić information content (AvgIpc) is 3.25. The molecule has 2 N–H and O–H groups in total. The highest BCUT2D eigenvalue weighted by atomic mass is 16.1. The number of Topliss-reactive ketones (excluding diaryl/α,β-unsaturated/α-hetero) is 1. The van der Waals surface area contributed by atoms with E-state index in [1.807, 2.05) is 39.8 Å². The molecule has 0 aliphatic carbocycles. The van der Waals surface area contributed by atoms with Crippen LogP contribution in [0.4, 0.5) is 5.82 Å². The Morgan fingerprint density at radius 3 is 2.20 bits per heavy atom. The first-order valence-electron chi connectivity index (χ1n) is 11.5. The van der Waals surface area contributed by atoms with Crippen LogP contribution in [0.3, 0.4) is 0 Å². The molecule has 2 aliphatic rings. The van der Waals surface area contributed by atoms with Gasteiger partial charge in [0, 0.05) is 51.0 Å². The lowest BCUT2D eigenvalue weighted by Crippen LogP contribution is -2.49. The molecule has 2 saturated heterocycles. The van der Waals surface area contributed by atoms with Gasteiger partial charge in [-0.15, -0.1) is 0 Å². The van der Waals surface area contributed by atoms with Crippen molar-refractivity contribution in [3.8, 4) is 0 Å². The van der Waals surface area contributed by atoms with Gasteiger partial charge in [0.1, 0.15) is 5.82 Å². The molecule has 1 amide bonds. The highest BCUT2D eigenvalue weighted by molar-refractivity contribution is 5.93. The van der Waals surface area contributed by atoms with Crippen molar-refractivity contribution >= 4 is 17.5 Å². The Balaban J connectivity index is 0.00000106. The van der Waals surface area contributed by atoms with Crippen molar-refractivity contribution in [1.82, 2.24) is 14.8 Å². The van der Waals surface area contributed by atoms with Gasteiger partial charge >= 0.3 is 0 Å². The number of anilines is 1. The van der Waals surface area contributed by atoms with Gasteiger partial charge in [0.15, 0.2) is 5.78 Å². The first-order valence-corrected chi connectivity index (χ1v) is 11.5. The molecule has 170 valence electrons. The van der Waals surface area contributed by atoms with E-state index in [1.165, 1.54) is 12.8 Å². The molecule has 1 unspecified atom stereocenters. The van der Waals surface area contributed by atoms with Crippen molar-refractivity contribution in [2.45, 2.75) is 47.5 Å². The predicted octanol–water partition coefficient (Wildman–Crippen LogP) is 2.66. The number of nitrogens with two attached hydrogens (primary N) is 1. The lowest BCUT2D eigenvalue weighted by molar-refractivity contribution is -0.119. The molecule has 2 aliphatic heterocycles. The van der Waals surface area contributed by atoms with E-state index in [9.17, 15) is 9.59 Å². The highest BCUT2D eigenvalue weighted by Crippen LogP contribution is 2.24. The molecule has 3 heterocycles. The molecule has 0 radical (unpaired) electrons. The van der Waals surface area contributed by atoms with Crippen molar-refractivity contribution in [2.24, 2.45) is 11.7 Å². The highest BCUT2D eigenvalue weighted by Gasteiger charge is 2.25. The Hall–Kier alpha value is -1.99. The summed E-state index contributed by atoms with van der Waals surface area (Å²) in [5.41, 5.74) is 5.93. The average molecular weight is 420 g/mol. The zero-order valence-corrected chi connectivity index (χ0v) is 19.6. The van der Waals surface area contributed by atoms with Crippen LogP contribution < -0.4 is 10.6 Å². The third-order valence-corrected chi connectivity index (χ3v) is 5.46. The number of nitrogens with zero attached hydrogens (tertiary/aromatic N) is 4. The largest absolute Gasteiger partial charge is 0.369 e. The summed E-state index contributed by atoms with van der Waals surface area (Å²) in [6.45, 7) is 17.0. The fraction of sp³-hybridized carbons (Fsp3) is 0.696. The van der Waals surface area contributed by atoms with E-state index in [0.29, 0.717) is 18.0 Å². The van der Waals surface area contributed by atoms with Gasteiger partial charge in [-0.2, -0.15) is 0 Å². The summed E-state index contributed by atoms with van der Waals surface area (Å²) in [6.07, 6.45) is 4.06. The second-order valence-corrected chi connectivity index (χ2v) is 7.43. The number of amides is 1. The van der Waals surface area contributed by atoms with Crippen LogP contribution in [0.1, 0.15) is 57.8 Å². The van der Waals surface area contributed by atoms with Gasteiger partial charge in [0.2, 0.25) is 5.91 Å². The van der Waals surface area contributed by atoms with Gasteiger partial charge in [-0.25, -0.2) is 4.98 Å². The Morgan fingerprint density at radius 1 is 1.03 bits per heavy atom. The van der Waals surface area contributed by atoms with E-state index in [0.717, 1.165) is 51.6 Å².